The molecule has 0 bridgehead atoms. The number of fused-ring (bicyclic) bond motifs is 1. The van der Waals surface area contributed by atoms with E-state index in [1.807, 2.05) is 13.0 Å². The maximum absolute atomic E-state index is 14.5. The topological polar surface area (TPSA) is 70.8 Å². The van der Waals surface area contributed by atoms with Crippen molar-refractivity contribution >= 4 is 22.7 Å². The van der Waals surface area contributed by atoms with Gasteiger partial charge in [0, 0.05) is 17.5 Å². The summed E-state index contributed by atoms with van der Waals surface area (Å²) in [5, 5.41) is 11.2. The Labute approximate surface area is 160 Å². The van der Waals surface area contributed by atoms with Crippen LogP contribution in [0.1, 0.15) is 35.5 Å². The van der Waals surface area contributed by atoms with Crippen LogP contribution < -0.4 is 0 Å². The Hall–Kier alpha value is -3.41. The minimum Gasteiger partial charge on any atom is -0.503 e. The number of aliphatic hydroxyl groups is 1. The van der Waals surface area contributed by atoms with Gasteiger partial charge in [-0.25, -0.2) is 4.39 Å². The number of furan rings is 1. The van der Waals surface area contributed by atoms with Crippen molar-refractivity contribution in [3.63, 3.8) is 0 Å². The number of aliphatic hydroxyl groups excluding tert-OH is 1. The van der Waals surface area contributed by atoms with Crippen LogP contribution in [-0.4, -0.2) is 28.2 Å². The van der Waals surface area contributed by atoms with Crippen molar-refractivity contribution in [2.75, 3.05) is 6.54 Å². The van der Waals surface area contributed by atoms with Crippen molar-refractivity contribution < 1.29 is 23.5 Å². The lowest BCUT2D eigenvalue weighted by Crippen LogP contribution is -2.32. The first-order valence-corrected chi connectivity index (χ1v) is 9.04. The normalized spacial score (nSPS) is 17.0. The molecule has 0 spiro atoms. The first kappa shape index (κ1) is 18.0. The molecule has 1 aliphatic rings. The van der Waals surface area contributed by atoms with E-state index in [9.17, 15) is 19.1 Å². The molecule has 1 N–H and O–H groups in total. The fourth-order valence-corrected chi connectivity index (χ4v) is 3.60. The lowest BCUT2D eigenvalue weighted by atomic mass is 9.94. The third-order valence-electron chi connectivity index (χ3n) is 4.86. The standard InChI is InChI=1S/C22H18FNO4/c1-2-11-24-19(14-8-4-5-9-15(14)23)18(21(26)22(24)27)20(25)17-12-13-7-3-6-10-16(13)28-17/h3-10,12,19,26H,2,11H2,1H3. The molecule has 3 aromatic rings. The molecular weight excluding hydrogens is 361 g/mol. The van der Waals surface area contributed by atoms with E-state index in [4.69, 9.17) is 4.42 Å². The number of nitrogens with zero attached hydrogens (tertiary/aromatic N) is 1. The minimum atomic E-state index is -1.01. The van der Waals surface area contributed by atoms with Gasteiger partial charge in [0.15, 0.2) is 11.5 Å². The van der Waals surface area contributed by atoms with E-state index in [0.29, 0.717) is 12.0 Å². The molecular formula is C22H18FNO4. The number of hydrogen-bond donors (Lipinski definition) is 1. The van der Waals surface area contributed by atoms with Gasteiger partial charge >= 0.3 is 0 Å². The van der Waals surface area contributed by atoms with Gasteiger partial charge in [-0.05, 0) is 24.6 Å². The number of Topliss-reactive ketones (excluding diaryl/α,β-unsaturated/α-hetero) is 1. The summed E-state index contributed by atoms with van der Waals surface area (Å²) in [7, 11) is 0. The van der Waals surface area contributed by atoms with Crippen molar-refractivity contribution in [1.82, 2.24) is 4.90 Å². The second kappa shape index (κ2) is 6.96. The minimum absolute atomic E-state index is 0.00441. The van der Waals surface area contributed by atoms with E-state index >= 15 is 0 Å². The van der Waals surface area contributed by atoms with E-state index in [1.54, 1.807) is 30.3 Å². The predicted octanol–water partition coefficient (Wildman–Crippen LogP) is 4.56. The van der Waals surface area contributed by atoms with Crippen molar-refractivity contribution in [2.24, 2.45) is 0 Å². The molecule has 0 radical (unpaired) electrons. The van der Waals surface area contributed by atoms with Gasteiger partial charge in [0.25, 0.3) is 5.91 Å². The molecule has 142 valence electrons. The van der Waals surface area contributed by atoms with Crippen LogP contribution in [0.2, 0.25) is 0 Å². The summed E-state index contributed by atoms with van der Waals surface area (Å²) in [6.45, 7) is 2.14. The fourth-order valence-electron chi connectivity index (χ4n) is 3.60. The molecule has 0 saturated carbocycles. The largest absolute Gasteiger partial charge is 0.503 e. The second-order valence-electron chi connectivity index (χ2n) is 6.66. The highest BCUT2D eigenvalue weighted by Gasteiger charge is 2.45. The second-order valence-corrected chi connectivity index (χ2v) is 6.66. The van der Waals surface area contributed by atoms with Crippen LogP contribution in [0.4, 0.5) is 4.39 Å². The van der Waals surface area contributed by atoms with E-state index in [0.717, 1.165) is 5.39 Å². The van der Waals surface area contributed by atoms with E-state index < -0.39 is 29.3 Å². The molecule has 28 heavy (non-hydrogen) atoms. The summed E-state index contributed by atoms with van der Waals surface area (Å²) in [6, 6.07) is 13.6. The number of hydrogen-bond acceptors (Lipinski definition) is 4. The Bertz CT molecular complexity index is 1080. The zero-order chi connectivity index (χ0) is 19.8. The Morgan fingerprint density at radius 3 is 2.61 bits per heavy atom. The molecule has 6 heteroatoms. The van der Waals surface area contributed by atoms with Crippen LogP contribution >= 0.6 is 0 Å². The van der Waals surface area contributed by atoms with Gasteiger partial charge in [0.05, 0.1) is 11.6 Å². The number of halogens is 1. The molecule has 5 nitrogen and oxygen atoms in total. The molecule has 0 saturated heterocycles. The molecule has 2 aromatic carbocycles. The van der Waals surface area contributed by atoms with Crippen LogP contribution in [0.15, 0.2) is 70.3 Å². The number of carbonyl (C=O) groups is 2. The Morgan fingerprint density at radius 2 is 1.89 bits per heavy atom. The highest BCUT2D eigenvalue weighted by molar-refractivity contribution is 6.16. The quantitative estimate of drug-likeness (QED) is 0.660. The fraction of sp³-hybridized carbons (Fsp3) is 0.182. The third-order valence-corrected chi connectivity index (χ3v) is 4.86. The molecule has 0 fully saturated rings. The summed E-state index contributed by atoms with van der Waals surface area (Å²) in [5.74, 6) is -2.53. The van der Waals surface area contributed by atoms with Crippen molar-refractivity contribution in [2.45, 2.75) is 19.4 Å². The SMILES string of the molecule is CCCN1C(=O)C(O)=C(C(=O)c2cc3ccccc3o2)C1c1ccccc1F. The molecule has 1 amide bonds. The highest BCUT2D eigenvalue weighted by Crippen LogP contribution is 2.40. The maximum Gasteiger partial charge on any atom is 0.290 e. The summed E-state index contributed by atoms with van der Waals surface area (Å²) >= 11 is 0. The van der Waals surface area contributed by atoms with Crippen LogP contribution in [0.3, 0.4) is 0 Å². The predicted molar refractivity (Wildman–Crippen MR) is 101 cm³/mol. The molecule has 2 heterocycles. The monoisotopic (exact) mass is 379 g/mol. The van der Waals surface area contributed by atoms with E-state index in [-0.39, 0.29) is 23.4 Å². The first-order chi connectivity index (χ1) is 13.5. The smallest absolute Gasteiger partial charge is 0.290 e. The summed E-state index contributed by atoms with van der Waals surface area (Å²) < 4.78 is 20.2. The summed E-state index contributed by atoms with van der Waals surface area (Å²) in [5.41, 5.74) is 0.513. The lowest BCUT2D eigenvalue weighted by Gasteiger charge is -2.26. The molecule has 0 aliphatic carbocycles. The number of rotatable bonds is 5. The number of carbonyl (C=O) groups excluding carboxylic acids is 2. The van der Waals surface area contributed by atoms with Gasteiger partial charge < -0.3 is 14.4 Å². The zero-order valence-corrected chi connectivity index (χ0v) is 15.2. The Kier molecular flexibility index (Phi) is 4.47. The van der Waals surface area contributed by atoms with Crippen LogP contribution in [0.5, 0.6) is 0 Å². The number of ketones is 1. The first-order valence-electron chi connectivity index (χ1n) is 9.04. The van der Waals surface area contributed by atoms with Gasteiger partial charge in [0.2, 0.25) is 5.78 Å². The number of para-hydroxylation sites is 1. The Morgan fingerprint density at radius 1 is 1.18 bits per heavy atom. The van der Waals surface area contributed by atoms with E-state index in [2.05, 4.69) is 0 Å². The highest BCUT2D eigenvalue weighted by atomic mass is 19.1. The molecule has 1 aromatic heterocycles. The van der Waals surface area contributed by atoms with Crippen LogP contribution in [0.25, 0.3) is 11.0 Å². The van der Waals surface area contributed by atoms with Gasteiger partial charge in [-0.15, -0.1) is 0 Å². The zero-order valence-electron chi connectivity index (χ0n) is 15.2. The Balaban J connectivity index is 1.85. The average molecular weight is 379 g/mol. The van der Waals surface area contributed by atoms with E-state index in [1.165, 1.54) is 23.1 Å². The number of benzene rings is 2. The van der Waals surface area contributed by atoms with Crippen LogP contribution in [-0.2, 0) is 4.79 Å². The van der Waals surface area contributed by atoms with Crippen molar-refractivity contribution in [1.29, 1.82) is 0 Å². The number of amides is 1. The van der Waals surface area contributed by atoms with Gasteiger partial charge in [-0.3, -0.25) is 9.59 Å². The van der Waals surface area contributed by atoms with Gasteiger partial charge in [-0.2, -0.15) is 0 Å². The van der Waals surface area contributed by atoms with Crippen LogP contribution in [0, 0.1) is 5.82 Å². The molecule has 1 unspecified atom stereocenters. The van der Waals surface area contributed by atoms with Gasteiger partial charge in [0.1, 0.15) is 11.4 Å². The summed E-state index contributed by atoms with van der Waals surface area (Å²) in [4.78, 5) is 27.1. The molecule has 1 atom stereocenters. The maximum atomic E-state index is 14.5. The average Bonchev–Trinajstić information content (AvgIpc) is 3.23. The third kappa shape index (κ3) is 2.78. The molecule has 4 rings (SSSR count). The van der Waals surface area contributed by atoms with Crippen molar-refractivity contribution in [3.8, 4) is 0 Å². The lowest BCUT2D eigenvalue weighted by molar-refractivity contribution is -0.129. The van der Waals surface area contributed by atoms with Crippen molar-refractivity contribution in [3.05, 3.63) is 83.1 Å². The molecule has 1 aliphatic heterocycles. The summed E-state index contributed by atoms with van der Waals surface area (Å²) in [6.07, 6.45) is 0.593. The van der Waals surface area contributed by atoms with Gasteiger partial charge in [-0.1, -0.05) is 43.3 Å².